The molecule has 0 spiro atoms. The molecule has 1 unspecified atom stereocenters. The predicted octanol–water partition coefficient (Wildman–Crippen LogP) is 2.96. The van der Waals surface area contributed by atoms with Gasteiger partial charge >= 0.3 is 0 Å². The lowest BCUT2D eigenvalue weighted by molar-refractivity contribution is -0.146. The first-order chi connectivity index (χ1) is 9.91. The molecule has 4 nitrogen and oxygen atoms in total. The van der Waals surface area contributed by atoms with Crippen LogP contribution in [0.1, 0.15) is 24.8 Å². The lowest BCUT2D eigenvalue weighted by Gasteiger charge is -2.34. The summed E-state index contributed by atoms with van der Waals surface area (Å²) in [5.74, 6) is -0.0645. The third-order valence-electron chi connectivity index (χ3n) is 3.85. The standard InChI is InChI=1S/C15H18Cl2N2O2/c1-18(9-10-11(16)5-3-6-12(10)17)15(21)13-7-4-8-14(20)19(13)2/h3,5-6,13H,4,7-9H2,1-2H3. The van der Waals surface area contributed by atoms with E-state index in [2.05, 4.69) is 0 Å². The van der Waals surface area contributed by atoms with Crippen LogP contribution < -0.4 is 0 Å². The van der Waals surface area contributed by atoms with Gasteiger partial charge in [-0.05, 0) is 25.0 Å². The number of hydrogen-bond acceptors (Lipinski definition) is 2. The van der Waals surface area contributed by atoms with Gasteiger partial charge in [0.25, 0.3) is 0 Å². The zero-order chi connectivity index (χ0) is 15.6. The number of benzene rings is 1. The number of nitrogens with zero attached hydrogens (tertiary/aromatic N) is 2. The van der Waals surface area contributed by atoms with E-state index in [1.54, 1.807) is 37.2 Å². The van der Waals surface area contributed by atoms with E-state index in [1.165, 1.54) is 4.90 Å². The van der Waals surface area contributed by atoms with Crippen molar-refractivity contribution in [1.29, 1.82) is 0 Å². The molecule has 1 heterocycles. The van der Waals surface area contributed by atoms with Crippen molar-refractivity contribution in [3.05, 3.63) is 33.8 Å². The summed E-state index contributed by atoms with van der Waals surface area (Å²) >= 11 is 12.3. The summed E-state index contributed by atoms with van der Waals surface area (Å²) in [5, 5.41) is 1.07. The summed E-state index contributed by atoms with van der Waals surface area (Å²) in [7, 11) is 3.38. The van der Waals surface area contributed by atoms with Gasteiger partial charge in [-0.2, -0.15) is 0 Å². The van der Waals surface area contributed by atoms with Crippen molar-refractivity contribution >= 4 is 35.0 Å². The molecule has 1 aromatic rings. The Bertz CT molecular complexity index is 542. The molecule has 21 heavy (non-hydrogen) atoms. The van der Waals surface area contributed by atoms with Crippen LogP contribution in [0.25, 0.3) is 0 Å². The van der Waals surface area contributed by atoms with E-state index in [0.717, 1.165) is 12.0 Å². The topological polar surface area (TPSA) is 40.6 Å². The van der Waals surface area contributed by atoms with E-state index in [1.807, 2.05) is 0 Å². The number of carbonyl (C=O) groups is 2. The Morgan fingerprint density at radius 2 is 2.00 bits per heavy atom. The molecule has 2 rings (SSSR count). The van der Waals surface area contributed by atoms with Crippen LogP contribution in [0.5, 0.6) is 0 Å². The third-order valence-corrected chi connectivity index (χ3v) is 4.56. The van der Waals surface area contributed by atoms with Crippen LogP contribution in [0.2, 0.25) is 10.0 Å². The maximum absolute atomic E-state index is 12.5. The largest absolute Gasteiger partial charge is 0.340 e. The van der Waals surface area contributed by atoms with Crippen LogP contribution >= 0.6 is 23.2 Å². The van der Waals surface area contributed by atoms with E-state index in [9.17, 15) is 9.59 Å². The first-order valence-corrected chi connectivity index (χ1v) is 7.61. The minimum absolute atomic E-state index is 0.0174. The quantitative estimate of drug-likeness (QED) is 0.855. The van der Waals surface area contributed by atoms with Gasteiger partial charge in [0, 0.05) is 42.7 Å². The lowest BCUT2D eigenvalue weighted by atomic mass is 10.0. The summed E-state index contributed by atoms with van der Waals surface area (Å²) in [4.78, 5) is 27.4. The highest BCUT2D eigenvalue weighted by atomic mass is 35.5. The SMILES string of the molecule is CN(Cc1c(Cl)cccc1Cl)C(=O)C1CCCC(=O)N1C. The summed E-state index contributed by atoms with van der Waals surface area (Å²) in [6.45, 7) is 0.329. The highest BCUT2D eigenvalue weighted by molar-refractivity contribution is 6.36. The van der Waals surface area contributed by atoms with Crippen LogP contribution in [0, 0.1) is 0 Å². The summed E-state index contributed by atoms with van der Waals surface area (Å²) < 4.78 is 0. The molecule has 0 saturated carbocycles. The van der Waals surface area contributed by atoms with Crippen molar-refractivity contribution in [2.75, 3.05) is 14.1 Å². The number of hydrogen-bond donors (Lipinski definition) is 0. The minimum atomic E-state index is -0.391. The molecule has 1 atom stereocenters. The van der Waals surface area contributed by atoms with Crippen LogP contribution in [0.3, 0.4) is 0 Å². The van der Waals surface area contributed by atoms with Gasteiger partial charge in [0.15, 0.2) is 0 Å². The van der Waals surface area contributed by atoms with Crippen molar-refractivity contribution in [1.82, 2.24) is 9.80 Å². The number of amides is 2. The third kappa shape index (κ3) is 3.50. The average molecular weight is 329 g/mol. The number of piperidine rings is 1. The second kappa shape index (κ2) is 6.67. The van der Waals surface area contributed by atoms with Crippen molar-refractivity contribution < 1.29 is 9.59 Å². The number of halogens is 2. The molecule has 114 valence electrons. The minimum Gasteiger partial charge on any atom is -0.340 e. The van der Waals surface area contributed by atoms with Gasteiger partial charge in [0.05, 0.1) is 0 Å². The van der Waals surface area contributed by atoms with Crippen LogP contribution in [-0.4, -0.2) is 41.8 Å². The Labute approximate surface area is 134 Å². The van der Waals surface area contributed by atoms with E-state index in [-0.39, 0.29) is 11.8 Å². The first kappa shape index (κ1) is 16.1. The molecule has 2 amide bonds. The average Bonchev–Trinajstić information content (AvgIpc) is 2.45. The predicted molar refractivity (Wildman–Crippen MR) is 83.3 cm³/mol. The van der Waals surface area contributed by atoms with Crippen molar-refractivity contribution in [2.24, 2.45) is 0 Å². The second-order valence-corrected chi connectivity index (χ2v) is 6.12. The molecule has 0 N–H and O–H groups in total. The number of likely N-dealkylation sites (N-methyl/N-ethyl adjacent to an activating group) is 2. The maximum atomic E-state index is 12.5. The lowest BCUT2D eigenvalue weighted by Crippen LogP contribution is -2.50. The van der Waals surface area contributed by atoms with Crippen LogP contribution in [-0.2, 0) is 16.1 Å². The van der Waals surface area contributed by atoms with E-state index < -0.39 is 6.04 Å². The van der Waals surface area contributed by atoms with E-state index >= 15 is 0 Å². The molecule has 6 heteroatoms. The molecular weight excluding hydrogens is 311 g/mol. The van der Waals surface area contributed by atoms with E-state index in [0.29, 0.717) is 29.4 Å². The van der Waals surface area contributed by atoms with E-state index in [4.69, 9.17) is 23.2 Å². The smallest absolute Gasteiger partial charge is 0.245 e. The fraction of sp³-hybridized carbons (Fsp3) is 0.467. The number of carbonyl (C=O) groups excluding carboxylic acids is 2. The summed E-state index contributed by atoms with van der Waals surface area (Å²) in [6, 6.07) is 4.87. The molecule has 1 fully saturated rings. The zero-order valence-corrected chi connectivity index (χ0v) is 13.6. The summed E-state index contributed by atoms with van der Waals surface area (Å²) in [5.41, 5.74) is 0.724. The summed E-state index contributed by atoms with van der Waals surface area (Å²) in [6.07, 6.45) is 1.96. The zero-order valence-electron chi connectivity index (χ0n) is 12.1. The van der Waals surface area contributed by atoms with Crippen molar-refractivity contribution in [2.45, 2.75) is 31.8 Å². The fourth-order valence-electron chi connectivity index (χ4n) is 2.53. The van der Waals surface area contributed by atoms with Gasteiger partial charge < -0.3 is 9.80 Å². The maximum Gasteiger partial charge on any atom is 0.245 e. The molecule has 1 aromatic carbocycles. The van der Waals surface area contributed by atoms with Gasteiger partial charge in [-0.3, -0.25) is 9.59 Å². The highest BCUT2D eigenvalue weighted by Crippen LogP contribution is 2.26. The normalized spacial score (nSPS) is 18.8. The van der Waals surface area contributed by atoms with Gasteiger partial charge in [0.1, 0.15) is 6.04 Å². The van der Waals surface area contributed by atoms with Gasteiger partial charge in [-0.15, -0.1) is 0 Å². The van der Waals surface area contributed by atoms with Crippen LogP contribution in [0.15, 0.2) is 18.2 Å². The first-order valence-electron chi connectivity index (χ1n) is 6.85. The molecule has 0 aliphatic carbocycles. The Morgan fingerprint density at radius 1 is 1.38 bits per heavy atom. The molecule has 0 bridgehead atoms. The molecular formula is C15H18Cl2N2O2. The molecule has 1 aliphatic heterocycles. The van der Waals surface area contributed by atoms with Gasteiger partial charge in [0.2, 0.25) is 11.8 Å². The molecule has 1 aliphatic rings. The highest BCUT2D eigenvalue weighted by Gasteiger charge is 2.32. The fourth-order valence-corrected chi connectivity index (χ4v) is 3.05. The molecule has 0 radical (unpaired) electrons. The molecule has 0 aromatic heterocycles. The van der Waals surface area contributed by atoms with Crippen LogP contribution in [0.4, 0.5) is 0 Å². The van der Waals surface area contributed by atoms with Crippen molar-refractivity contribution in [3.8, 4) is 0 Å². The van der Waals surface area contributed by atoms with Crippen molar-refractivity contribution in [3.63, 3.8) is 0 Å². The Hall–Kier alpha value is -1.26. The Kier molecular flexibility index (Phi) is 5.12. The Morgan fingerprint density at radius 3 is 2.62 bits per heavy atom. The Balaban J connectivity index is 2.11. The second-order valence-electron chi connectivity index (χ2n) is 5.31. The number of likely N-dealkylation sites (tertiary alicyclic amines) is 1. The van der Waals surface area contributed by atoms with Gasteiger partial charge in [-0.1, -0.05) is 29.3 Å². The molecule has 1 saturated heterocycles. The monoisotopic (exact) mass is 328 g/mol. The van der Waals surface area contributed by atoms with Gasteiger partial charge in [-0.25, -0.2) is 0 Å². The number of rotatable bonds is 3.